The lowest BCUT2D eigenvalue weighted by molar-refractivity contribution is 0.220. The van der Waals surface area contributed by atoms with E-state index in [2.05, 4.69) is 5.16 Å². The smallest absolute Gasteiger partial charge is 0.313 e. The number of nitriles is 1. The quantitative estimate of drug-likeness (QED) is 0.450. The summed E-state index contributed by atoms with van der Waals surface area (Å²) in [7, 11) is -3.23. The zero-order valence-corrected chi connectivity index (χ0v) is 11.3. The molecule has 18 heavy (non-hydrogen) atoms. The second kappa shape index (κ2) is 6.95. The number of hydrogen-bond donors (Lipinski definition) is 0. The van der Waals surface area contributed by atoms with Crippen molar-refractivity contribution >= 4 is 13.3 Å². The summed E-state index contributed by atoms with van der Waals surface area (Å²) in [5, 5.41) is 12.6. The van der Waals surface area contributed by atoms with Gasteiger partial charge in [-0.3, -0.25) is 4.52 Å². The van der Waals surface area contributed by atoms with Gasteiger partial charge in [-0.15, -0.1) is 0 Å². The molecular formula is C12H15N2O3P. The first kappa shape index (κ1) is 14.4. The SMILES string of the molecule is CCOP(=O)(CC)O/N=C(/C#N)c1ccccc1. The molecule has 0 saturated heterocycles. The Morgan fingerprint density at radius 2 is 2.06 bits per heavy atom. The van der Waals surface area contributed by atoms with E-state index in [-0.39, 0.29) is 18.5 Å². The normalized spacial score (nSPS) is 14.6. The van der Waals surface area contributed by atoms with Crippen LogP contribution in [0.1, 0.15) is 19.4 Å². The van der Waals surface area contributed by atoms with Crippen LogP contribution in [0.5, 0.6) is 0 Å². The first-order valence-electron chi connectivity index (χ1n) is 5.61. The summed E-state index contributed by atoms with van der Waals surface area (Å²) in [6.45, 7) is 3.67. The highest BCUT2D eigenvalue weighted by molar-refractivity contribution is 7.53. The van der Waals surface area contributed by atoms with Gasteiger partial charge in [0.25, 0.3) is 0 Å². The lowest BCUT2D eigenvalue weighted by Gasteiger charge is -2.12. The molecule has 5 nitrogen and oxygen atoms in total. The molecule has 0 spiro atoms. The summed E-state index contributed by atoms with van der Waals surface area (Å²) in [5.74, 6) is 0. The summed E-state index contributed by atoms with van der Waals surface area (Å²) in [4.78, 5) is 0. The zero-order valence-electron chi connectivity index (χ0n) is 10.4. The van der Waals surface area contributed by atoms with Gasteiger partial charge in [-0.1, -0.05) is 42.4 Å². The first-order valence-corrected chi connectivity index (χ1v) is 7.34. The van der Waals surface area contributed by atoms with Crippen molar-refractivity contribution in [2.24, 2.45) is 5.16 Å². The second-order valence-electron chi connectivity index (χ2n) is 3.34. The average Bonchev–Trinajstić information content (AvgIpc) is 2.41. The van der Waals surface area contributed by atoms with Crippen molar-refractivity contribution in [2.75, 3.05) is 12.8 Å². The molecule has 0 aliphatic carbocycles. The van der Waals surface area contributed by atoms with Gasteiger partial charge in [0.15, 0.2) is 5.71 Å². The monoisotopic (exact) mass is 266 g/mol. The topological polar surface area (TPSA) is 71.7 Å². The van der Waals surface area contributed by atoms with Crippen LogP contribution in [0, 0.1) is 11.3 Å². The lowest BCUT2D eigenvalue weighted by atomic mass is 10.1. The van der Waals surface area contributed by atoms with Crippen molar-refractivity contribution in [1.29, 1.82) is 5.26 Å². The summed E-state index contributed by atoms with van der Waals surface area (Å²) in [5.41, 5.74) is 0.683. The highest BCUT2D eigenvalue weighted by Gasteiger charge is 2.22. The fraction of sp³-hybridized carbons (Fsp3) is 0.333. The van der Waals surface area contributed by atoms with E-state index in [0.717, 1.165) is 0 Å². The van der Waals surface area contributed by atoms with E-state index in [9.17, 15) is 4.57 Å². The van der Waals surface area contributed by atoms with Crippen molar-refractivity contribution in [3.63, 3.8) is 0 Å². The van der Waals surface area contributed by atoms with Gasteiger partial charge in [-0.2, -0.15) is 5.26 Å². The third-order valence-corrected chi connectivity index (χ3v) is 3.88. The van der Waals surface area contributed by atoms with Gasteiger partial charge >= 0.3 is 7.60 Å². The Morgan fingerprint density at radius 1 is 1.39 bits per heavy atom. The van der Waals surface area contributed by atoms with Gasteiger partial charge < -0.3 is 4.62 Å². The molecule has 1 atom stereocenters. The van der Waals surface area contributed by atoms with Crippen LogP contribution < -0.4 is 0 Å². The van der Waals surface area contributed by atoms with Crippen LogP contribution in [-0.2, 0) is 13.7 Å². The van der Waals surface area contributed by atoms with E-state index in [4.69, 9.17) is 14.4 Å². The molecule has 0 fully saturated rings. The summed E-state index contributed by atoms with van der Waals surface area (Å²) >= 11 is 0. The van der Waals surface area contributed by atoms with E-state index in [1.54, 1.807) is 38.1 Å². The largest absolute Gasteiger partial charge is 0.399 e. The highest BCUT2D eigenvalue weighted by atomic mass is 31.2. The maximum absolute atomic E-state index is 12.0. The van der Waals surface area contributed by atoms with E-state index in [0.29, 0.717) is 5.56 Å². The number of hydrogen-bond acceptors (Lipinski definition) is 5. The van der Waals surface area contributed by atoms with Gasteiger partial charge in [0, 0.05) is 5.56 Å². The Kier molecular flexibility index (Phi) is 5.57. The molecule has 0 aliphatic heterocycles. The Bertz CT molecular complexity index is 494. The molecule has 1 aromatic carbocycles. The number of benzene rings is 1. The van der Waals surface area contributed by atoms with Gasteiger partial charge in [0.2, 0.25) is 0 Å². The molecule has 0 radical (unpaired) electrons. The minimum absolute atomic E-state index is 0.0731. The molecule has 0 aromatic heterocycles. The molecule has 1 unspecified atom stereocenters. The van der Waals surface area contributed by atoms with Crippen LogP contribution >= 0.6 is 7.60 Å². The van der Waals surface area contributed by atoms with Crippen LogP contribution in [0.15, 0.2) is 35.5 Å². The Hall–Kier alpha value is -1.63. The fourth-order valence-electron chi connectivity index (χ4n) is 1.21. The minimum atomic E-state index is -3.23. The number of oxime groups is 1. The third kappa shape index (κ3) is 3.99. The highest BCUT2D eigenvalue weighted by Crippen LogP contribution is 2.47. The molecule has 6 heteroatoms. The maximum atomic E-state index is 12.0. The zero-order chi connectivity index (χ0) is 13.4. The van der Waals surface area contributed by atoms with E-state index < -0.39 is 7.60 Å². The van der Waals surface area contributed by atoms with Crippen LogP contribution in [0.3, 0.4) is 0 Å². The Labute approximate surface area is 107 Å². The van der Waals surface area contributed by atoms with E-state index in [1.165, 1.54) is 0 Å². The van der Waals surface area contributed by atoms with Crippen molar-refractivity contribution < 1.29 is 13.7 Å². The molecule has 0 saturated carbocycles. The van der Waals surface area contributed by atoms with Gasteiger partial charge in [0.1, 0.15) is 6.07 Å². The molecule has 0 amide bonds. The summed E-state index contributed by atoms with van der Waals surface area (Å²) < 4.78 is 21.9. The van der Waals surface area contributed by atoms with Crippen LogP contribution in [-0.4, -0.2) is 18.5 Å². The van der Waals surface area contributed by atoms with Crippen LogP contribution in [0.2, 0.25) is 0 Å². The predicted molar refractivity (Wildman–Crippen MR) is 69.5 cm³/mol. The summed E-state index contributed by atoms with van der Waals surface area (Å²) in [6, 6.07) is 10.7. The average molecular weight is 266 g/mol. The summed E-state index contributed by atoms with van der Waals surface area (Å²) in [6.07, 6.45) is 0.206. The second-order valence-corrected chi connectivity index (χ2v) is 5.62. The van der Waals surface area contributed by atoms with E-state index >= 15 is 0 Å². The van der Waals surface area contributed by atoms with Crippen molar-refractivity contribution in [1.82, 2.24) is 0 Å². The first-order chi connectivity index (χ1) is 8.65. The molecule has 1 rings (SSSR count). The molecule has 0 heterocycles. The minimum Gasteiger partial charge on any atom is -0.313 e. The molecule has 96 valence electrons. The Morgan fingerprint density at radius 3 is 2.56 bits per heavy atom. The van der Waals surface area contributed by atoms with Crippen LogP contribution in [0.4, 0.5) is 0 Å². The molecule has 0 aliphatic rings. The maximum Gasteiger partial charge on any atom is 0.399 e. The number of nitrogens with zero attached hydrogens (tertiary/aromatic N) is 2. The Balaban J connectivity index is 2.88. The predicted octanol–water partition coefficient (Wildman–Crippen LogP) is 3.18. The third-order valence-electron chi connectivity index (χ3n) is 2.12. The van der Waals surface area contributed by atoms with Gasteiger partial charge in [-0.25, -0.2) is 4.57 Å². The van der Waals surface area contributed by atoms with Crippen LogP contribution in [0.25, 0.3) is 0 Å². The fourth-order valence-corrected chi connectivity index (χ4v) is 2.15. The molecular weight excluding hydrogens is 251 g/mol. The van der Waals surface area contributed by atoms with Gasteiger partial charge in [-0.05, 0) is 6.92 Å². The van der Waals surface area contributed by atoms with Crippen molar-refractivity contribution in [3.05, 3.63) is 35.9 Å². The standard InChI is InChI=1S/C12H15N2O3P/c1-3-16-18(15,4-2)17-14-12(10-13)11-8-6-5-7-9-11/h5-9H,3-4H2,1-2H3/b14-12-. The lowest BCUT2D eigenvalue weighted by Crippen LogP contribution is -2.00. The van der Waals surface area contributed by atoms with Gasteiger partial charge in [0.05, 0.1) is 12.8 Å². The number of rotatable bonds is 6. The molecule has 1 aromatic rings. The van der Waals surface area contributed by atoms with E-state index in [1.807, 2.05) is 12.1 Å². The molecule has 0 bridgehead atoms. The van der Waals surface area contributed by atoms with Crippen molar-refractivity contribution in [2.45, 2.75) is 13.8 Å². The van der Waals surface area contributed by atoms with Crippen molar-refractivity contribution in [3.8, 4) is 6.07 Å². The molecule has 0 N–H and O–H groups in total.